The number of hydrogen-bond donors (Lipinski definition) is 1. The fraction of sp³-hybridized carbons (Fsp3) is 0.533. The first-order valence-electron chi connectivity index (χ1n) is 6.82. The number of likely N-dealkylation sites (tertiary alicyclic amines) is 1. The third kappa shape index (κ3) is 3.32. The van der Waals surface area contributed by atoms with Gasteiger partial charge in [-0.25, -0.2) is 4.39 Å². The molecule has 1 aromatic rings. The van der Waals surface area contributed by atoms with Crippen molar-refractivity contribution < 1.29 is 9.18 Å². The van der Waals surface area contributed by atoms with E-state index in [9.17, 15) is 9.18 Å². The number of amides is 1. The lowest BCUT2D eigenvalue weighted by atomic mass is 9.95. The lowest BCUT2D eigenvalue weighted by Gasteiger charge is -2.27. The van der Waals surface area contributed by atoms with E-state index in [0.717, 1.165) is 25.1 Å². The third-order valence-electron chi connectivity index (χ3n) is 3.90. The van der Waals surface area contributed by atoms with Gasteiger partial charge in [0.05, 0.1) is 0 Å². The summed E-state index contributed by atoms with van der Waals surface area (Å²) < 4.78 is 13.4. The van der Waals surface area contributed by atoms with Gasteiger partial charge < -0.3 is 5.32 Å². The van der Waals surface area contributed by atoms with Crippen molar-refractivity contribution in [3.05, 3.63) is 35.6 Å². The number of carbonyl (C=O) groups is 1. The maximum absolute atomic E-state index is 13.4. The Bertz CT molecular complexity index is 450. The lowest BCUT2D eigenvalue weighted by Crippen LogP contribution is -2.30. The summed E-state index contributed by atoms with van der Waals surface area (Å²) in [6, 6.07) is 7.03. The van der Waals surface area contributed by atoms with E-state index in [1.807, 2.05) is 6.07 Å². The predicted octanol–water partition coefficient (Wildman–Crippen LogP) is 2.34. The molecule has 1 N–H and O–H groups in total. The van der Waals surface area contributed by atoms with Crippen LogP contribution in [0.15, 0.2) is 24.3 Å². The molecule has 1 fully saturated rings. The first-order valence-corrected chi connectivity index (χ1v) is 6.82. The zero-order chi connectivity index (χ0) is 13.8. The second-order valence-electron chi connectivity index (χ2n) is 5.22. The molecule has 0 aliphatic carbocycles. The zero-order valence-electron chi connectivity index (χ0n) is 11.5. The van der Waals surface area contributed by atoms with Crippen molar-refractivity contribution >= 4 is 5.91 Å². The van der Waals surface area contributed by atoms with Crippen molar-refractivity contribution in [2.75, 3.05) is 20.1 Å². The predicted molar refractivity (Wildman–Crippen MR) is 73.2 cm³/mol. The Morgan fingerprint density at radius 2 is 2.32 bits per heavy atom. The quantitative estimate of drug-likeness (QED) is 0.905. The number of rotatable bonds is 4. The smallest absolute Gasteiger partial charge is 0.221 e. The van der Waals surface area contributed by atoms with Crippen molar-refractivity contribution in [2.24, 2.45) is 5.92 Å². The summed E-state index contributed by atoms with van der Waals surface area (Å²) in [5.41, 5.74) is 1.02. The maximum Gasteiger partial charge on any atom is 0.221 e. The van der Waals surface area contributed by atoms with Crippen LogP contribution in [-0.4, -0.2) is 30.9 Å². The number of halogens is 1. The fourth-order valence-corrected chi connectivity index (χ4v) is 2.88. The van der Waals surface area contributed by atoms with E-state index in [0.29, 0.717) is 12.3 Å². The lowest BCUT2D eigenvalue weighted by molar-refractivity contribution is -0.121. The number of nitrogens with one attached hydrogen (secondary N) is 1. The molecule has 2 rings (SSSR count). The van der Waals surface area contributed by atoms with E-state index in [1.54, 1.807) is 19.2 Å². The average molecular weight is 264 g/mol. The van der Waals surface area contributed by atoms with Gasteiger partial charge in [-0.05, 0) is 36.6 Å². The summed E-state index contributed by atoms with van der Waals surface area (Å²) in [5, 5.41) is 2.64. The van der Waals surface area contributed by atoms with Crippen LogP contribution in [-0.2, 0) is 4.79 Å². The molecule has 1 aliphatic heterocycles. The van der Waals surface area contributed by atoms with Crippen LogP contribution in [0.3, 0.4) is 0 Å². The molecule has 0 spiro atoms. The highest BCUT2D eigenvalue weighted by atomic mass is 19.1. The Hall–Kier alpha value is -1.42. The molecule has 3 nitrogen and oxygen atoms in total. The van der Waals surface area contributed by atoms with Gasteiger partial charge in [0.15, 0.2) is 0 Å². The van der Waals surface area contributed by atoms with Crippen LogP contribution in [0.1, 0.15) is 31.4 Å². The summed E-state index contributed by atoms with van der Waals surface area (Å²) >= 11 is 0. The second-order valence-corrected chi connectivity index (χ2v) is 5.22. The minimum absolute atomic E-state index is 0.0533. The minimum atomic E-state index is -0.192. The molecule has 1 saturated heterocycles. The first kappa shape index (κ1) is 14.0. The summed E-state index contributed by atoms with van der Waals surface area (Å²) in [6.07, 6.45) is 1.59. The van der Waals surface area contributed by atoms with Gasteiger partial charge in [-0.2, -0.15) is 0 Å². The van der Waals surface area contributed by atoms with E-state index >= 15 is 0 Å². The summed E-state index contributed by atoms with van der Waals surface area (Å²) in [5.74, 6) is 0.354. The average Bonchev–Trinajstić information content (AvgIpc) is 2.77. The van der Waals surface area contributed by atoms with Gasteiger partial charge in [-0.15, -0.1) is 0 Å². The highest BCUT2D eigenvalue weighted by Crippen LogP contribution is 2.36. The van der Waals surface area contributed by atoms with Gasteiger partial charge in [-0.3, -0.25) is 9.69 Å². The number of nitrogens with zero attached hydrogens (tertiary/aromatic N) is 1. The van der Waals surface area contributed by atoms with Gasteiger partial charge >= 0.3 is 0 Å². The van der Waals surface area contributed by atoms with E-state index in [2.05, 4.69) is 17.1 Å². The highest BCUT2D eigenvalue weighted by molar-refractivity contribution is 5.75. The second kappa shape index (κ2) is 6.15. The minimum Gasteiger partial charge on any atom is -0.359 e. The summed E-state index contributed by atoms with van der Waals surface area (Å²) in [7, 11) is 1.65. The van der Waals surface area contributed by atoms with Gasteiger partial charge in [0.2, 0.25) is 5.91 Å². The Balaban J connectivity index is 2.09. The topological polar surface area (TPSA) is 32.3 Å². The molecule has 0 radical (unpaired) electrons. The monoisotopic (exact) mass is 264 g/mol. The van der Waals surface area contributed by atoms with Crippen molar-refractivity contribution in [1.29, 1.82) is 0 Å². The molecular formula is C15H21FN2O. The van der Waals surface area contributed by atoms with E-state index in [4.69, 9.17) is 0 Å². The van der Waals surface area contributed by atoms with Crippen molar-refractivity contribution in [1.82, 2.24) is 10.2 Å². The van der Waals surface area contributed by atoms with Gasteiger partial charge in [0.25, 0.3) is 0 Å². The molecule has 1 aliphatic rings. The maximum atomic E-state index is 13.4. The highest BCUT2D eigenvalue weighted by Gasteiger charge is 2.32. The molecule has 1 heterocycles. The molecule has 2 atom stereocenters. The molecular weight excluding hydrogens is 243 g/mol. The van der Waals surface area contributed by atoms with Crippen molar-refractivity contribution in [2.45, 2.75) is 25.8 Å². The van der Waals surface area contributed by atoms with E-state index in [-0.39, 0.29) is 17.8 Å². The molecule has 19 heavy (non-hydrogen) atoms. The van der Waals surface area contributed by atoms with Crippen LogP contribution in [0.5, 0.6) is 0 Å². The van der Waals surface area contributed by atoms with Crippen LogP contribution < -0.4 is 5.32 Å². The van der Waals surface area contributed by atoms with Crippen LogP contribution in [0, 0.1) is 11.7 Å². The van der Waals surface area contributed by atoms with Gasteiger partial charge in [0, 0.05) is 26.1 Å². The molecule has 1 amide bonds. The number of hydrogen-bond acceptors (Lipinski definition) is 2. The SMILES string of the molecule is CNC(=O)CCN1CC[C@H](C)[C@@H]1c1cccc(F)c1. The third-order valence-corrected chi connectivity index (χ3v) is 3.90. The summed E-state index contributed by atoms with van der Waals surface area (Å²) in [4.78, 5) is 13.6. The van der Waals surface area contributed by atoms with Crippen molar-refractivity contribution in [3.8, 4) is 0 Å². The molecule has 1 aromatic carbocycles. The molecule has 0 bridgehead atoms. The van der Waals surface area contributed by atoms with E-state index < -0.39 is 0 Å². The molecule has 0 aromatic heterocycles. The summed E-state index contributed by atoms with van der Waals surface area (Å²) in [6.45, 7) is 3.89. The zero-order valence-corrected chi connectivity index (χ0v) is 11.5. The van der Waals surface area contributed by atoms with E-state index in [1.165, 1.54) is 6.07 Å². The van der Waals surface area contributed by atoms with Gasteiger partial charge in [-0.1, -0.05) is 19.1 Å². The Labute approximate surface area is 113 Å². The Morgan fingerprint density at radius 1 is 1.53 bits per heavy atom. The normalized spacial score (nSPS) is 23.5. The van der Waals surface area contributed by atoms with Gasteiger partial charge in [0.1, 0.15) is 5.82 Å². The fourth-order valence-electron chi connectivity index (χ4n) is 2.88. The Kier molecular flexibility index (Phi) is 4.53. The standard InChI is InChI=1S/C15H21FN2O/c1-11-6-8-18(9-7-14(19)17-2)15(11)12-4-3-5-13(16)10-12/h3-5,10-11,15H,6-9H2,1-2H3,(H,17,19)/t11-,15+/m0/s1. The number of benzene rings is 1. The van der Waals surface area contributed by atoms with Crippen LogP contribution >= 0.6 is 0 Å². The largest absolute Gasteiger partial charge is 0.359 e. The molecule has 104 valence electrons. The molecule has 0 unspecified atom stereocenters. The Morgan fingerprint density at radius 3 is 3.00 bits per heavy atom. The molecule has 0 saturated carbocycles. The van der Waals surface area contributed by atoms with Crippen molar-refractivity contribution in [3.63, 3.8) is 0 Å². The van der Waals surface area contributed by atoms with Crippen LogP contribution in [0.2, 0.25) is 0 Å². The number of carbonyl (C=O) groups excluding carboxylic acids is 1. The first-order chi connectivity index (χ1) is 9.11. The molecule has 4 heteroatoms. The van der Waals surface area contributed by atoms with Crippen LogP contribution in [0.25, 0.3) is 0 Å². The van der Waals surface area contributed by atoms with Crippen LogP contribution in [0.4, 0.5) is 4.39 Å².